The smallest absolute Gasteiger partial charge is 0.338 e. The molecular formula is C19H23N3O5. The maximum Gasteiger partial charge on any atom is 0.338 e. The van der Waals surface area contributed by atoms with E-state index in [-0.39, 0.29) is 19.4 Å². The van der Waals surface area contributed by atoms with Gasteiger partial charge in [0.15, 0.2) is 11.5 Å². The van der Waals surface area contributed by atoms with Crippen LogP contribution in [0.2, 0.25) is 0 Å². The van der Waals surface area contributed by atoms with Gasteiger partial charge in [-0.3, -0.25) is 4.90 Å². The van der Waals surface area contributed by atoms with Crippen molar-refractivity contribution in [3.05, 3.63) is 35.0 Å². The highest BCUT2D eigenvalue weighted by Crippen LogP contribution is 2.37. The molecule has 3 aliphatic rings. The fraction of sp³-hybridized carbons (Fsp3) is 0.474. The SMILES string of the molecule is CCOC(=O)C1=C(CN2CCCC2)NC(=O)N[C@@H]1c1ccc2c(c1)OCO2. The summed E-state index contributed by atoms with van der Waals surface area (Å²) in [4.78, 5) is 27.3. The van der Waals surface area contributed by atoms with E-state index < -0.39 is 12.0 Å². The van der Waals surface area contributed by atoms with Crippen molar-refractivity contribution >= 4 is 12.0 Å². The first-order valence-electron chi connectivity index (χ1n) is 9.25. The van der Waals surface area contributed by atoms with Gasteiger partial charge in [-0.15, -0.1) is 0 Å². The minimum Gasteiger partial charge on any atom is -0.463 e. The van der Waals surface area contributed by atoms with Crippen molar-refractivity contribution < 1.29 is 23.8 Å². The molecule has 0 aliphatic carbocycles. The minimum absolute atomic E-state index is 0.165. The van der Waals surface area contributed by atoms with E-state index in [4.69, 9.17) is 14.2 Å². The highest BCUT2D eigenvalue weighted by Gasteiger charge is 2.35. The van der Waals surface area contributed by atoms with E-state index >= 15 is 0 Å². The number of amides is 2. The molecule has 4 rings (SSSR count). The molecule has 3 heterocycles. The first-order chi connectivity index (χ1) is 13.2. The molecule has 0 bridgehead atoms. The van der Waals surface area contributed by atoms with E-state index in [9.17, 15) is 9.59 Å². The third kappa shape index (κ3) is 3.57. The molecule has 1 aromatic rings. The zero-order chi connectivity index (χ0) is 18.8. The number of hydrogen-bond donors (Lipinski definition) is 2. The highest BCUT2D eigenvalue weighted by molar-refractivity contribution is 5.95. The Morgan fingerprint density at radius 2 is 2.04 bits per heavy atom. The number of esters is 1. The lowest BCUT2D eigenvalue weighted by atomic mass is 9.94. The Balaban J connectivity index is 1.72. The molecule has 1 aromatic carbocycles. The molecule has 2 amide bonds. The van der Waals surface area contributed by atoms with Crippen LogP contribution in [0.4, 0.5) is 4.79 Å². The van der Waals surface area contributed by atoms with Gasteiger partial charge in [-0.2, -0.15) is 0 Å². The number of ether oxygens (including phenoxy) is 3. The van der Waals surface area contributed by atoms with E-state index in [1.54, 1.807) is 19.1 Å². The number of rotatable bonds is 5. The summed E-state index contributed by atoms with van der Waals surface area (Å²) in [5.74, 6) is 0.824. The van der Waals surface area contributed by atoms with Gasteiger partial charge in [0, 0.05) is 12.2 Å². The second-order valence-corrected chi connectivity index (χ2v) is 6.74. The first-order valence-corrected chi connectivity index (χ1v) is 9.25. The number of urea groups is 1. The van der Waals surface area contributed by atoms with E-state index in [1.807, 2.05) is 6.07 Å². The van der Waals surface area contributed by atoms with Crippen LogP contribution in [-0.4, -0.2) is 49.9 Å². The third-order valence-corrected chi connectivity index (χ3v) is 4.96. The van der Waals surface area contributed by atoms with Crippen LogP contribution in [0.15, 0.2) is 29.5 Å². The van der Waals surface area contributed by atoms with Crippen LogP contribution < -0.4 is 20.1 Å². The van der Waals surface area contributed by atoms with Crippen LogP contribution in [-0.2, 0) is 9.53 Å². The van der Waals surface area contributed by atoms with Crippen molar-refractivity contribution in [2.45, 2.75) is 25.8 Å². The zero-order valence-corrected chi connectivity index (χ0v) is 15.2. The number of nitrogens with one attached hydrogen (secondary N) is 2. The minimum atomic E-state index is -0.607. The molecule has 1 fully saturated rings. The van der Waals surface area contributed by atoms with Gasteiger partial charge in [-0.1, -0.05) is 6.07 Å². The molecule has 0 spiro atoms. The molecule has 8 nitrogen and oxygen atoms in total. The molecule has 144 valence electrons. The lowest BCUT2D eigenvalue weighted by Gasteiger charge is -2.31. The quantitative estimate of drug-likeness (QED) is 0.764. The van der Waals surface area contributed by atoms with E-state index in [0.29, 0.717) is 29.3 Å². The second-order valence-electron chi connectivity index (χ2n) is 6.74. The van der Waals surface area contributed by atoms with Crippen molar-refractivity contribution in [2.24, 2.45) is 0 Å². The van der Waals surface area contributed by atoms with Crippen LogP contribution in [0, 0.1) is 0 Å². The van der Waals surface area contributed by atoms with E-state index in [0.717, 1.165) is 31.5 Å². The number of benzene rings is 1. The van der Waals surface area contributed by atoms with Crippen LogP contribution in [0.3, 0.4) is 0 Å². The van der Waals surface area contributed by atoms with E-state index in [1.165, 1.54) is 0 Å². The molecule has 0 aromatic heterocycles. The molecule has 0 unspecified atom stereocenters. The van der Waals surface area contributed by atoms with Crippen molar-refractivity contribution in [1.82, 2.24) is 15.5 Å². The van der Waals surface area contributed by atoms with Gasteiger partial charge in [-0.25, -0.2) is 9.59 Å². The maximum absolute atomic E-state index is 12.8. The Bertz CT molecular complexity index is 786. The van der Waals surface area contributed by atoms with E-state index in [2.05, 4.69) is 15.5 Å². The van der Waals surface area contributed by atoms with Gasteiger partial charge >= 0.3 is 12.0 Å². The summed E-state index contributed by atoms with van der Waals surface area (Å²) in [5.41, 5.74) is 1.78. The Kier molecular flexibility index (Phi) is 4.89. The van der Waals surface area contributed by atoms with Gasteiger partial charge in [0.05, 0.1) is 18.2 Å². The Labute approximate surface area is 157 Å². The lowest BCUT2D eigenvalue weighted by molar-refractivity contribution is -0.139. The van der Waals surface area contributed by atoms with Crippen LogP contribution in [0.1, 0.15) is 31.4 Å². The van der Waals surface area contributed by atoms with Crippen LogP contribution >= 0.6 is 0 Å². The number of fused-ring (bicyclic) bond motifs is 1. The second kappa shape index (κ2) is 7.48. The van der Waals surface area contributed by atoms with Crippen molar-refractivity contribution in [2.75, 3.05) is 33.0 Å². The zero-order valence-electron chi connectivity index (χ0n) is 15.2. The summed E-state index contributed by atoms with van der Waals surface area (Å²) in [5, 5.41) is 5.66. The average molecular weight is 373 g/mol. The topological polar surface area (TPSA) is 89.1 Å². The standard InChI is InChI=1S/C19H23N3O5/c1-2-25-18(23)16-13(10-22-7-3-4-8-22)20-19(24)21-17(16)12-5-6-14-15(9-12)27-11-26-14/h5-6,9,17H,2-4,7-8,10-11H2,1H3,(H2,20,21,24)/t17-/m1/s1. The molecule has 8 heteroatoms. The number of hydrogen-bond acceptors (Lipinski definition) is 6. The largest absolute Gasteiger partial charge is 0.463 e. The summed E-state index contributed by atoms with van der Waals surface area (Å²) < 4.78 is 16.1. The molecule has 1 saturated heterocycles. The lowest BCUT2D eigenvalue weighted by Crippen LogP contribution is -2.48. The summed E-state index contributed by atoms with van der Waals surface area (Å²) in [6.45, 7) is 4.63. The summed E-state index contributed by atoms with van der Waals surface area (Å²) in [6, 6.07) is 4.47. The summed E-state index contributed by atoms with van der Waals surface area (Å²) in [7, 11) is 0. The number of carbonyl (C=O) groups excluding carboxylic acids is 2. The molecule has 0 radical (unpaired) electrons. The predicted molar refractivity (Wildman–Crippen MR) is 96.3 cm³/mol. The molecule has 0 saturated carbocycles. The van der Waals surface area contributed by atoms with Crippen molar-refractivity contribution in [3.8, 4) is 11.5 Å². The average Bonchev–Trinajstić information content (AvgIpc) is 3.32. The fourth-order valence-electron chi connectivity index (χ4n) is 3.70. The van der Waals surface area contributed by atoms with Gasteiger partial charge in [0.2, 0.25) is 6.79 Å². The van der Waals surface area contributed by atoms with Crippen molar-refractivity contribution in [1.29, 1.82) is 0 Å². The normalized spacial score (nSPS) is 21.8. The molecular weight excluding hydrogens is 350 g/mol. The van der Waals surface area contributed by atoms with Gasteiger partial charge in [0.25, 0.3) is 0 Å². The van der Waals surface area contributed by atoms with Gasteiger partial charge in [0.1, 0.15) is 0 Å². The molecule has 2 N–H and O–H groups in total. The monoisotopic (exact) mass is 373 g/mol. The first kappa shape index (κ1) is 17.7. The maximum atomic E-state index is 12.8. The van der Waals surface area contributed by atoms with Crippen molar-refractivity contribution in [3.63, 3.8) is 0 Å². The Hall–Kier alpha value is -2.74. The Morgan fingerprint density at radius 3 is 2.81 bits per heavy atom. The number of nitrogens with zero attached hydrogens (tertiary/aromatic N) is 1. The van der Waals surface area contributed by atoms with Crippen LogP contribution in [0.25, 0.3) is 0 Å². The number of likely N-dealkylation sites (tertiary alicyclic amines) is 1. The van der Waals surface area contributed by atoms with Gasteiger partial charge < -0.3 is 24.8 Å². The number of carbonyl (C=O) groups is 2. The predicted octanol–water partition coefficient (Wildman–Crippen LogP) is 1.68. The Morgan fingerprint density at radius 1 is 1.26 bits per heavy atom. The fourth-order valence-corrected chi connectivity index (χ4v) is 3.70. The molecule has 27 heavy (non-hydrogen) atoms. The van der Waals surface area contributed by atoms with Gasteiger partial charge in [-0.05, 0) is 50.6 Å². The highest BCUT2D eigenvalue weighted by atomic mass is 16.7. The summed E-state index contributed by atoms with van der Waals surface area (Å²) >= 11 is 0. The molecule has 3 aliphatic heterocycles. The van der Waals surface area contributed by atoms with Crippen LogP contribution in [0.5, 0.6) is 11.5 Å². The summed E-state index contributed by atoms with van der Waals surface area (Å²) in [6.07, 6.45) is 2.25. The molecule has 1 atom stereocenters. The third-order valence-electron chi connectivity index (χ3n) is 4.96.